The Morgan fingerprint density at radius 3 is 2.62 bits per heavy atom. The molecule has 0 fully saturated rings. The number of rotatable bonds is 1. The highest BCUT2D eigenvalue weighted by Crippen LogP contribution is 2.01. The van der Waals surface area contributed by atoms with Crippen molar-refractivity contribution in [2.24, 2.45) is 0 Å². The number of hydrogen-bond acceptors (Lipinski definition) is 1. The van der Waals surface area contributed by atoms with Crippen molar-refractivity contribution >= 4 is 11.8 Å². The molecule has 0 bridgehead atoms. The van der Waals surface area contributed by atoms with Crippen LogP contribution < -0.4 is 0 Å². The van der Waals surface area contributed by atoms with E-state index >= 15 is 0 Å². The molecule has 0 aliphatic carbocycles. The van der Waals surface area contributed by atoms with Crippen LogP contribution in [0.4, 0.5) is 0 Å². The van der Waals surface area contributed by atoms with Crippen LogP contribution in [-0.2, 0) is 0 Å². The quantitative estimate of drug-likeness (QED) is 0.488. The van der Waals surface area contributed by atoms with Crippen LogP contribution in [0.15, 0.2) is 0 Å². The summed E-state index contributed by atoms with van der Waals surface area (Å²) in [6.45, 7) is 4.19. The van der Waals surface area contributed by atoms with Crippen LogP contribution in [0.1, 0.15) is 20.3 Å². The van der Waals surface area contributed by atoms with Crippen LogP contribution in [0.3, 0.4) is 0 Å². The fourth-order valence-electron chi connectivity index (χ4n) is 0.305. The lowest BCUT2D eigenvalue weighted by atomic mass is 10.4. The molecule has 0 saturated heterocycles. The van der Waals surface area contributed by atoms with Crippen molar-refractivity contribution in [3.63, 3.8) is 0 Å². The van der Waals surface area contributed by atoms with Gasteiger partial charge in [0.15, 0.2) is 0 Å². The Hall–Kier alpha value is -0.0900. The Bertz CT molecular complexity index is 96.7. The average Bonchev–Trinajstić information content (AvgIpc) is 1.83. The van der Waals surface area contributed by atoms with Crippen molar-refractivity contribution in [3.05, 3.63) is 0 Å². The van der Waals surface area contributed by atoms with Gasteiger partial charge in [-0.2, -0.15) is 0 Å². The normalized spacial score (nSPS) is 11.9. The summed E-state index contributed by atoms with van der Waals surface area (Å²) in [6.07, 6.45) is 3.06. The van der Waals surface area contributed by atoms with Crippen LogP contribution in [0.2, 0.25) is 0 Å². The minimum atomic E-state index is 0.509. The molecule has 46 valence electrons. The van der Waals surface area contributed by atoms with E-state index in [0.29, 0.717) is 5.25 Å². The second-order valence-corrected chi connectivity index (χ2v) is 2.73. The van der Waals surface area contributed by atoms with Gasteiger partial charge in [-0.1, -0.05) is 12.8 Å². The van der Waals surface area contributed by atoms with E-state index in [-0.39, 0.29) is 0 Å². The highest BCUT2D eigenvalue weighted by molar-refractivity contribution is 7.99. The standard InChI is InChI=1S/C7H12S/c1-4-5-6-7(2)8-3/h7H,4H2,1-3H3. The van der Waals surface area contributed by atoms with Gasteiger partial charge in [0.25, 0.3) is 0 Å². The van der Waals surface area contributed by atoms with Gasteiger partial charge < -0.3 is 0 Å². The maximum Gasteiger partial charge on any atom is 0.0626 e. The van der Waals surface area contributed by atoms with Crippen molar-refractivity contribution in [3.8, 4) is 11.8 Å². The highest BCUT2D eigenvalue weighted by atomic mass is 32.2. The molecule has 0 aliphatic rings. The lowest BCUT2D eigenvalue weighted by molar-refractivity contribution is 1.25. The molecule has 1 heteroatoms. The Labute approximate surface area is 56.1 Å². The monoisotopic (exact) mass is 128 g/mol. The van der Waals surface area contributed by atoms with Crippen molar-refractivity contribution in [2.75, 3.05) is 6.26 Å². The van der Waals surface area contributed by atoms with E-state index in [4.69, 9.17) is 0 Å². The van der Waals surface area contributed by atoms with Gasteiger partial charge in [-0.3, -0.25) is 0 Å². The van der Waals surface area contributed by atoms with Gasteiger partial charge in [-0.15, -0.1) is 17.7 Å². The Balaban J connectivity index is 3.35. The highest BCUT2D eigenvalue weighted by Gasteiger charge is 1.86. The zero-order valence-electron chi connectivity index (χ0n) is 5.69. The molecule has 0 amide bonds. The summed E-state index contributed by atoms with van der Waals surface area (Å²) in [5.41, 5.74) is 0. The largest absolute Gasteiger partial charge is 0.149 e. The van der Waals surface area contributed by atoms with Crippen molar-refractivity contribution < 1.29 is 0 Å². The summed E-state index contributed by atoms with van der Waals surface area (Å²) in [5.74, 6) is 6.12. The molecule has 0 aliphatic heterocycles. The van der Waals surface area contributed by atoms with E-state index in [1.807, 2.05) is 0 Å². The van der Waals surface area contributed by atoms with E-state index < -0.39 is 0 Å². The minimum Gasteiger partial charge on any atom is -0.149 e. The van der Waals surface area contributed by atoms with Gasteiger partial charge >= 0.3 is 0 Å². The summed E-state index contributed by atoms with van der Waals surface area (Å²) in [4.78, 5) is 0. The molecule has 0 aromatic carbocycles. The first kappa shape index (κ1) is 7.91. The molecular formula is C7H12S. The Kier molecular flexibility index (Phi) is 5.00. The molecule has 0 radical (unpaired) electrons. The summed E-state index contributed by atoms with van der Waals surface area (Å²) in [5, 5.41) is 0.509. The fourth-order valence-corrected chi connectivity index (χ4v) is 0.506. The minimum absolute atomic E-state index is 0.509. The molecule has 0 N–H and O–H groups in total. The molecule has 0 nitrogen and oxygen atoms in total. The number of hydrogen-bond donors (Lipinski definition) is 0. The third-order valence-electron chi connectivity index (χ3n) is 0.836. The third-order valence-corrected chi connectivity index (χ3v) is 1.66. The van der Waals surface area contributed by atoms with E-state index in [2.05, 4.69) is 31.9 Å². The lowest BCUT2D eigenvalue weighted by Gasteiger charge is -1.92. The molecule has 0 spiro atoms. The second kappa shape index (κ2) is 5.05. The summed E-state index contributed by atoms with van der Waals surface area (Å²) >= 11 is 1.79. The summed E-state index contributed by atoms with van der Waals surface area (Å²) in [6, 6.07) is 0. The van der Waals surface area contributed by atoms with Crippen LogP contribution in [0.25, 0.3) is 0 Å². The maximum absolute atomic E-state index is 3.09. The fraction of sp³-hybridized carbons (Fsp3) is 0.714. The van der Waals surface area contributed by atoms with Crippen LogP contribution in [0, 0.1) is 11.8 Å². The predicted octanol–water partition coefficient (Wildman–Crippen LogP) is 2.15. The van der Waals surface area contributed by atoms with Crippen molar-refractivity contribution in [1.82, 2.24) is 0 Å². The molecule has 0 rings (SSSR count). The molecule has 0 heterocycles. The molecule has 0 aromatic heterocycles. The molecule has 0 saturated carbocycles. The zero-order valence-corrected chi connectivity index (χ0v) is 6.51. The number of thioether (sulfide) groups is 1. The second-order valence-electron chi connectivity index (χ2n) is 1.55. The van der Waals surface area contributed by atoms with Gasteiger partial charge in [0.1, 0.15) is 0 Å². The summed E-state index contributed by atoms with van der Waals surface area (Å²) < 4.78 is 0. The topological polar surface area (TPSA) is 0 Å². The first-order chi connectivity index (χ1) is 3.81. The predicted molar refractivity (Wildman–Crippen MR) is 41.0 cm³/mol. The van der Waals surface area contributed by atoms with Crippen molar-refractivity contribution in [2.45, 2.75) is 25.5 Å². The smallest absolute Gasteiger partial charge is 0.0626 e. The average molecular weight is 128 g/mol. The first-order valence-corrected chi connectivity index (χ1v) is 4.11. The Morgan fingerprint density at radius 2 is 2.25 bits per heavy atom. The Morgan fingerprint density at radius 1 is 1.62 bits per heavy atom. The van der Waals surface area contributed by atoms with Crippen LogP contribution >= 0.6 is 11.8 Å². The van der Waals surface area contributed by atoms with Gasteiger partial charge in [0.2, 0.25) is 0 Å². The maximum atomic E-state index is 3.09. The molecular weight excluding hydrogens is 116 g/mol. The van der Waals surface area contributed by atoms with E-state index in [9.17, 15) is 0 Å². The molecule has 8 heavy (non-hydrogen) atoms. The van der Waals surface area contributed by atoms with Gasteiger partial charge in [0.05, 0.1) is 5.25 Å². The molecule has 0 aromatic rings. The van der Waals surface area contributed by atoms with Crippen LogP contribution in [0.5, 0.6) is 0 Å². The van der Waals surface area contributed by atoms with Crippen molar-refractivity contribution in [1.29, 1.82) is 0 Å². The van der Waals surface area contributed by atoms with Gasteiger partial charge in [0, 0.05) is 6.42 Å². The van der Waals surface area contributed by atoms with Gasteiger partial charge in [-0.05, 0) is 13.2 Å². The summed E-state index contributed by atoms with van der Waals surface area (Å²) in [7, 11) is 0. The molecule has 1 atom stereocenters. The third kappa shape index (κ3) is 4.08. The SMILES string of the molecule is CCC#CC(C)SC. The van der Waals surface area contributed by atoms with E-state index in [1.54, 1.807) is 11.8 Å². The zero-order chi connectivity index (χ0) is 6.41. The van der Waals surface area contributed by atoms with E-state index in [1.165, 1.54) is 0 Å². The first-order valence-electron chi connectivity index (χ1n) is 2.82. The van der Waals surface area contributed by atoms with Gasteiger partial charge in [-0.25, -0.2) is 0 Å². The van der Waals surface area contributed by atoms with Crippen LogP contribution in [-0.4, -0.2) is 11.5 Å². The lowest BCUT2D eigenvalue weighted by Crippen LogP contribution is -1.86. The molecule has 1 unspecified atom stereocenters. The van der Waals surface area contributed by atoms with E-state index in [0.717, 1.165) is 6.42 Å².